The van der Waals surface area contributed by atoms with Crippen LogP contribution in [0.25, 0.3) is 22.1 Å². The molecular formula is C28H24O9. The number of benzene rings is 3. The first-order valence-electron chi connectivity index (χ1n) is 11.4. The molecule has 1 aromatic heterocycles. The van der Waals surface area contributed by atoms with E-state index in [0.29, 0.717) is 39.7 Å². The normalized spacial score (nSPS) is 14.6. The maximum Gasteiger partial charge on any atom is 0.312 e. The summed E-state index contributed by atoms with van der Waals surface area (Å²) in [7, 11) is 6.04. The Labute approximate surface area is 211 Å². The van der Waals surface area contributed by atoms with E-state index in [1.54, 1.807) is 30.3 Å². The second-order valence-electron chi connectivity index (χ2n) is 8.37. The average Bonchev–Trinajstić information content (AvgIpc) is 2.91. The Morgan fingerprint density at radius 1 is 0.892 bits per heavy atom. The monoisotopic (exact) mass is 504 g/mol. The van der Waals surface area contributed by atoms with Crippen LogP contribution in [0.15, 0.2) is 57.9 Å². The second kappa shape index (κ2) is 9.42. The molecule has 1 aliphatic heterocycles. The van der Waals surface area contributed by atoms with Gasteiger partial charge in [-0.05, 0) is 23.8 Å². The summed E-state index contributed by atoms with van der Waals surface area (Å²) in [5.74, 6) is 0.539. The van der Waals surface area contributed by atoms with E-state index in [1.807, 2.05) is 6.07 Å². The zero-order valence-corrected chi connectivity index (χ0v) is 20.6. The maximum atomic E-state index is 13.7. The minimum Gasteiger partial charge on any atom is -0.507 e. The van der Waals surface area contributed by atoms with Gasteiger partial charge in [0.05, 0.1) is 40.4 Å². The van der Waals surface area contributed by atoms with Crippen molar-refractivity contribution in [2.45, 2.75) is 12.3 Å². The lowest BCUT2D eigenvalue weighted by Crippen LogP contribution is -2.22. The minimum atomic E-state index is -0.584. The van der Waals surface area contributed by atoms with Crippen molar-refractivity contribution in [3.8, 4) is 45.6 Å². The number of esters is 1. The predicted molar refractivity (Wildman–Crippen MR) is 134 cm³/mol. The average molecular weight is 504 g/mol. The number of phenolic OH excluding ortho intramolecular Hbond substituents is 1. The van der Waals surface area contributed by atoms with E-state index in [-0.39, 0.29) is 34.5 Å². The van der Waals surface area contributed by atoms with Gasteiger partial charge in [-0.3, -0.25) is 9.59 Å². The number of methoxy groups -OCH3 is 4. The number of fused-ring (bicyclic) bond motifs is 3. The number of carbonyl (C=O) groups excluding carboxylic acids is 1. The van der Waals surface area contributed by atoms with Crippen LogP contribution in [-0.4, -0.2) is 39.5 Å². The standard InChI is InChI=1S/C28H24O9/c1-32-19-9-8-14(10-21(19)34-3)17-13-36-28-24-16(15-6-5-7-20(33-2)27(15)35-4)11-23(30)37-22(24)12-18(29)25(28)26(17)31/h5-10,12-13,16,29H,11H2,1-4H3/t16-/m1/s1. The molecule has 0 amide bonds. The van der Waals surface area contributed by atoms with Crippen molar-refractivity contribution in [3.05, 3.63) is 70.1 Å². The lowest BCUT2D eigenvalue weighted by molar-refractivity contribution is -0.135. The van der Waals surface area contributed by atoms with Gasteiger partial charge in [-0.25, -0.2) is 0 Å². The molecule has 0 saturated heterocycles. The summed E-state index contributed by atoms with van der Waals surface area (Å²) in [6, 6.07) is 11.6. The first-order chi connectivity index (χ1) is 17.9. The maximum absolute atomic E-state index is 13.7. The van der Waals surface area contributed by atoms with E-state index >= 15 is 0 Å². The summed E-state index contributed by atoms with van der Waals surface area (Å²) in [6.07, 6.45) is 1.29. The van der Waals surface area contributed by atoms with Gasteiger partial charge < -0.3 is 33.2 Å². The molecule has 1 atom stereocenters. The Morgan fingerprint density at radius 3 is 2.35 bits per heavy atom. The van der Waals surface area contributed by atoms with Crippen molar-refractivity contribution in [2.75, 3.05) is 28.4 Å². The van der Waals surface area contributed by atoms with E-state index in [4.69, 9.17) is 28.1 Å². The van der Waals surface area contributed by atoms with E-state index in [1.165, 1.54) is 40.8 Å². The van der Waals surface area contributed by atoms with Crippen LogP contribution in [0, 0.1) is 0 Å². The van der Waals surface area contributed by atoms with Crippen molar-refractivity contribution in [1.29, 1.82) is 0 Å². The fraction of sp³-hybridized carbons (Fsp3) is 0.214. The number of para-hydroxylation sites is 1. The lowest BCUT2D eigenvalue weighted by Gasteiger charge is -2.27. The highest BCUT2D eigenvalue weighted by Gasteiger charge is 2.35. The molecule has 190 valence electrons. The molecule has 5 rings (SSSR count). The fourth-order valence-corrected chi connectivity index (χ4v) is 4.79. The second-order valence-corrected chi connectivity index (χ2v) is 8.37. The predicted octanol–water partition coefficient (Wildman–Crippen LogP) is 4.64. The van der Waals surface area contributed by atoms with Crippen LogP contribution in [0.2, 0.25) is 0 Å². The van der Waals surface area contributed by atoms with Crippen LogP contribution in [0.4, 0.5) is 0 Å². The van der Waals surface area contributed by atoms with E-state index in [9.17, 15) is 14.7 Å². The van der Waals surface area contributed by atoms with Crippen LogP contribution in [0.3, 0.4) is 0 Å². The molecule has 1 N–H and O–H groups in total. The number of ether oxygens (including phenoxy) is 5. The van der Waals surface area contributed by atoms with Gasteiger partial charge in [0.15, 0.2) is 23.0 Å². The Hall–Kier alpha value is -4.66. The lowest BCUT2D eigenvalue weighted by atomic mass is 9.84. The van der Waals surface area contributed by atoms with Crippen LogP contribution >= 0.6 is 0 Å². The third-order valence-corrected chi connectivity index (χ3v) is 6.47. The van der Waals surface area contributed by atoms with Gasteiger partial charge in [-0.15, -0.1) is 0 Å². The number of hydrogen-bond donors (Lipinski definition) is 1. The molecule has 0 fully saturated rings. The smallest absolute Gasteiger partial charge is 0.312 e. The molecule has 0 radical (unpaired) electrons. The van der Waals surface area contributed by atoms with Gasteiger partial charge in [0.2, 0.25) is 5.43 Å². The van der Waals surface area contributed by atoms with E-state index in [2.05, 4.69) is 0 Å². The third kappa shape index (κ3) is 3.88. The highest BCUT2D eigenvalue weighted by molar-refractivity contribution is 5.94. The van der Waals surface area contributed by atoms with Crippen molar-refractivity contribution >= 4 is 16.9 Å². The zero-order chi connectivity index (χ0) is 26.3. The fourth-order valence-electron chi connectivity index (χ4n) is 4.79. The number of aromatic hydroxyl groups is 1. The molecule has 0 saturated carbocycles. The topological polar surface area (TPSA) is 114 Å². The highest BCUT2D eigenvalue weighted by atomic mass is 16.5. The quantitative estimate of drug-likeness (QED) is 0.296. The van der Waals surface area contributed by atoms with Crippen molar-refractivity contribution in [1.82, 2.24) is 0 Å². The van der Waals surface area contributed by atoms with Gasteiger partial charge >= 0.3 is 5.97 Å². The molecule has 0 spiro atoms. The molecule has 1 aliphatic rings. The summed E-state index contributed by atoms with van der Waals surface area (Å²) in [6.45, 7) is 0. The number of phenols is 1. The molecule has 2 heterocycles. The molecule has 0 bridgehead atoms. The molecule has 9 nitrogen and oxygen atoms in total. The molecule has 9 heteroatoms. The van der Waals surface area contributed by atoms with Gasteiger partial charge in [0, 0.05) is 23.1 Å². The Balaban J connectivity index is 1.76. The Kier molecular flexibility index (Phi) is 6.12. The largest absolute Gasteiger partial charge is 0.507 e. The van der Waals surface area contributed by atoms with Gasteiger partial charge in [-0.2, -0.15) is 0 Å². The Bertz CT molecular complexity index is 1590. The van der Waals surface area contributed by atoms with E-state index < -0.39 is 17.3 Å². The van der Waals surface area contributed by atoms with Crippen LogP contribution in [0.5, 0.6) is 34.5 Å². The molecule has 3 aromatic carbocycles. The summed E-state index contributed by atoms with van der Waals surface area (Å²) >= 11 is 0. The number of carbonyl (C=O) groups is 1. The highest BCUT2D eigenvalue weighted by Crippen LogP contribution is 2.49. The molecule has 4 aromatic rings. The van der Waals surface area contributed by atoms with Crippen molar-refractivity contribution in [3.63, 3.8) is 0 Å². The molecule has 0 aliphatic carbocycles. The Morgan fingerprint density at radius 2 is 1.65 bits per heavy atom. The molecule has 0 unspecified atom stereocenters. The van der Waals surface area contributed by atoms with Crippen LogP contribution in [0.1, 0.15) is 23.5 Å². The summed E-state index contributed by atoms with van der Waals surface area (Å²) in [5.41, 5.74) is 1.50. The summed E-state index contributed by atoms with van der Waals surface area (Å²) in [5, 5.41) is 10.8. The summed E-state index contributed by atoms with van der Waals surface area (Å²) in [4.78, 5) is 26.2. The van der Waals surface area contributed by atoms with Crippen molar-refractivity contribution in [2.24, 2.45) is 0 Å². The molecular weight excluding hydrogens is 480 g/mol. The van der Waals surface area contributed by atoms with Crippen LogP contribution < -0.4 is 29.1 Å². The third-order valence-electron chi connectivity index (χ3n) is 6.47. The number of hydrogen-bond acceptors (Lipinski definition) is 9. The zero-order valence-electron chi connectivity index (χ0n) is 20.6. The SMILES string of the molecule is COc1ccc(-c2coc3c4c(cc(O)c3c2=O)OC(=O)C[C@@H]4c2cccc(OC)c2OC)cc1OC. The first kappa shape index (κ1) is 24.1. The van der Waals surface area contributed by atoms with E-state index in [0.717, 1.165) is 0 Å². The molecule has 37 heavy (non-hydrogen) atoms. The van der Waals surface area contributed by atoms with Gasteiger partial charge in [-0.1, -0.05) is 18.2 Å². The van der Waals surface area contributed by atoms with Gasteiger partial charge in [0.1, 0.15) is 28.7 Å². The van der Waals surface area contributed by atoms with Gasteiger partial charge in [0.25, 0.3) is 0 Å². The van der Waals surface area contributed by atoms with Crippen LogP contribution in [-0.2, 0) is 4.79 Å². The van der Waals surface area contributed by atoms with Crippen molar-refractivity contribution < 1.29 is 38.0 Å². The first-order valence-corrected chi connectivity index (χ1v) is 11.4. The number of rotatable bonds is 6. The summed E-state index contributed by atoms with van der Waals surface area (Å²) < 4.78 is 33.1. The minimum absolute atomic E-state index is 0.0302.